The number of alkyl carbamates (subject to hydrolysis) is 1. The Labute approximate surface area is 509 Å². The number of ketones is 1. The molecule has 0 bridgehead atoms. The number of amides is 7. The van der Waals surface area contributed by atoms with E-state index in [0.29, 0.717) is 63.6 Å². The van der Waals surface area contributed by atoms with Crippen LogP contribution in [0.2, 0.25) is 0 Å². The van der Waals surface area contributed by atoms with Crippen LogP contribution in [0.15, 0.2) is 29.8 Å². The van der Waals surface area contributed by atoms with Gasteiger partial charge in [-0.05, 0) is 146 Å². The first-order valence-electron chi connectivity index (χ1n) is 29.6. The largest absolute Gasteiger partial charge is 0.454 e. The molecule has 0 aliphatic heterocycles. The number of carbonyl (C=O) groups is 8. The number of benzene rings is 1. The molecule has 0 radical (unpaired) electrons. The van der Waals surface area contributed by atoms with Gasteiger partial charge in [-0.2, -0.15) is 28.8 Å². The van der Waals surface area contributed by atoms with E-state index in [1.807, 2.05) is 30.3 Å². The van der Waals surface area contributed by atoms with Crippen LogP contribution in [0, 0.1) is 16.2 Å². The molecule has 2 rings (SSSR count). The van der Waals surface area contributed by atoms with Crippen LogP contribution in [0.5, 0.6) is 0 Å². The van der Waals surface area contributed by atoms with Crippen molar-refractivity contribution in [3.8, 4) is 0 Å². The van der Waals surface area contributed by atoms with Gasteiger partial charge in [0.05, 0.1) is 6.04 Å². The van der Waals surface area contributed by atoms with Gasteiger partial charge in [0.25, 0.3) is 5.78 Å². The Kier molecular flexibility index (Phi) is 39.1. The number of hydrogen-bond donors (Lipinski definition) is 7. The van der Waals surface area contributed by atoms with Crippen molar-refractivity contribution in [1.82, 2.24) is 37.2 Å². The van der Waals surface area contributed by atoms with Gasteiger partial charge in [0.1, 0.15) is 17.2 Å². The summed E-state index contributed by atoms with van der Waals surface area (Å²) in [6, 6.07) is 5.11. The second-order valence-corrected chi connectivity index (χ2v) is 26.5. The normalized spacial score (nSPS) is 13.1. The van der Waals surface area contributed by atoms with E-state index in [2.05, 4.69) is 99.5 Å². The van der Waals surface area contributed by atoms with Crippen molar-refractivity contribution in [2.24, 2.45) is 16.2 Å². The molecule has 23 nitrogen and oxygen atoms in total. The average molecular weight is 1210 g/mol. The Morgan fingerprint density at radius 1 is 0.500 bits per heavy atom. The number of esters is 1. The molecule has 86 heavy (non-hydrogen) atoms. The number of urea groups is 1. The third kappa shape index (κ3) is 40.8. The summed E-state index contributed by atoms with van der Waals surface area (Å²) in [5.41, 5.74) is 0.922. The molecule has 7 amide bonds. The smallest absolute Gasteiger partial charge is 0.407 e. The highest BCUT2D eigenvalue weighted by Gasteiger charge is 2.34. The highest BCUT2D eigenvalue weighted by atomic mass is 16.6. The predicted molar refractivity (Wildman–Crippen MR) is 320 cm³/mol. The number of carbonyl (C=O) groups excluding carboxylic acids is 14. The predicted octanol–water partition coefficient (Wildman–Crippen LogP) is 7.93. The molecular weight excluding hydrogens is 1110 g/mol. The Balaban J connectivity index is 0. The topological polar surface area (TPSA) is 342 Å². The summed E-state index contributed by atoms with van der Waals surface area (Å²) < 4.78 is 10.7. The van der Waals surface area contributed by atoms with Crippen molar-refractivity contribution in [3.63, 3.8) is 0 Å². The zero-order valence-corrected chi connectivity index (χ0v) is 53.9. The minimum absolute atomic E-state index is 0.000414. The molecule has 0 saturated carbocycles. The number of hydrogen-bond acceptors (Lipinski definition) is 16. The summed E-state index contributed by atoms with van der Waals surface area (Å²) in [7, 11) is 0. The van der Waals surface area contributed by atoms with Crippen LogP contribution >= 0.6 is 0 Å². The first kappa shape index (κ1) is 80.7. The highest BCUT2D eigenvalue weighted by molar-refractivity contribution is 6.36. The van der Waals surface area contributed by atoms with Crippen LogP contribution in [0.3, 0.4) is 0 Å². The molecule has 1 aromatic carbocycles. The quantitative estimate of drug-likeness (QED) is 0.0211. The molecule has 0 fully saturated rings. The lowest BCUT2D eigenvalue weighted by atomic mass is 9.79. The van der Waals surface area contributed by atoms with Gasteiger partial charge in [-0.1, -0.05) is 106 Å². The van der Waals surface area contributed by atoms with Crippen LogP contribution in [-0.4, -0.2) is 121 Å². The summed E-state index contributed by atoms with van der Waals surface area (Å²) in [4.78, 5) is 154. The first-order chi connectivity index (χ1) is 39.9. The summed E-state index contributed by atoms with van der Waals surface area (Å²) in [6.07, 6.45) is 11.2. The molecule has 1 aromatic rings. The second-order valence-electron chi connectivity index (χ2n) is 26.5. The summed E-state index contributed by atoms with van der Waals surface area (Å²) >= 11 is 0. The fraction of sp³-hybridized carbons (Fsp3) is 0.698. The van der Waals surface area contributed by atoms with Gasteiger partial charge in [0, 0.05) is 56.6 Å². The summed E-state index contributed by atoms with van der Waals surface area (Å²) in [5, 5.41) is 20.6. The second kappa shape index (κ2) is 41.7. The van der Waals surface area contributed by atoms with Crippen molar-refractivity contribution in [1.29, 1.82) is 0 Å². The lowest BCUT2D eigenvalue weighted by molar-refractivity contribution is -0.193. The van der Waals surface area contributed by atoms with E-state index in [-0.39, 0.29) is 103 Å². The number of Topliss-reactive ketones (excluding diaryl/α,β-unsaturated/α-hetero) is 1. The fourth-order valence-corrected chi connectivity index (χ4v) is 8.65. The number of unbranched alkanes of at least 4 members (excludes halogenated alkanes) is 6. The zero-order chi connectivity index (χ0) is 66.3. The van der Waals surface area contributed by atoms with Gasteiger partial charge < -0.3 is 46.7 Å². The maximum absolute atomic E-state index is 14.0. The van der Waals surface area contributed by atoms with E-state index in [1.165, 1.54) is 0 Å². The summed E-state index contributed by atoms with van der Waals surface area (Å²) in [5.74, 6) is -3.23. The fourth-order valence-electron chi connectivity index (χ4n) is 8.65. The minimum atomic E-state index is -1.25. The SMILES string of the molecule is CC(C)(C)CC[C@H](NC(=O)N[C@@H](CCC(=O)NCCCCCCCC(=O)N[C@@H](CCCCNC(=O)OC(C)(C)C)C(=O)N[C@@H](CCCCNC(=O)C1=Cc2ccccc2C1)C(=O)C(=O)OC(C)(C)C)C(C)(C)C)C(C)(C)C.O=C=O.O=C=O.O=C=O. The van der Waals surface area contributed by atoms with Crippen molar-refractivity contribution in [3.05, 3.63) is 41.0 Å². The van der Waals surface area contributed by atoms with Crippen molar-refractivity contribution >= 4 is 72.0 Å². The van der Waals surface area contributed by atoms with E-state index in [4.69, 9.17) is 38.2 Å². The number of ether oxygens (including phenoxy) is 2. The van der Waals surface area contributed by atoms with E-state index in [9.17, 15) is 38.4 Å². The van der Waals surface area contributed by atoms with Gasteiger partial charge in [0.2, 0.25) is 23.6 Å². The lowest BCUT2D eigenvalue weighted by Crippen LogP contribution is -2.53. The molecule has 4 atom stereocenters. The average Bonchev–Trinajstić information content (AvgIpc) is 4.08. The molecule has 23 heteroatoms. The molecular formula is C63H101N7O16. The molecule has 0 unspecified atom stereocenters. The third-order valence-electron chi connectivity index (χ3n) is 13.2. The molecule has 1 aliphatic rings. The monoisotopic (exact) mass is 1210 g/mol. The Hall–Kier alpha value is -7.34. The van der Waals surface area contributed by atoms with Gasteiger partial charge in [-0.25, -0.2) is 14.4 Å². The van der Waals surface area contributed by atoms with Crippen LogP contribution < -0.4 is 37.2 Å². The van der Waals surface area contributed by atoms with Crippen molar-refractivity contribution in [2.75, 3.05) is 19.6 Å². The Bertz CT molecular complexity index is 2390. The number of nitrogens with one attached hydrogen (secondary N) is 7. The highest BCUT2D eigenvalue weighted by Crippen LogP contribution is 2.30. The van der Waals surface area contributed by atoms with Gasteiger partial charge >= 0.3 is 36.5 Å². The molecule has 7 N–H and O–H groups in total. The molecule has 1 aliphatic carbocycles. The minimum Gasteiger partial charge on any atom is -0.454 e. The maximum atomic E-state index is 14.0. The van der Waals surface area contributed by atoms with Crippen molar-refractivity contribution < 1.29 is 76.6 Å². The van der Waals surface area contributed by atoms with Crippen molar-refractivity contribution in [2.45, 2.75) is 248 Å². The van der Waals surface area contributed by atoms with Crippen LogP contribution in [-0.2, 0) is 73.4 Å². The third-order valence-corrected chi connectivity index (χ3v) is 13.2. The first-order valence-corrected chi connectivity index (χ1v) is 29.6. The Morgan fingerprint density at radius 3 is 1.50 bits per heavy atom. The van der Waals surface area contributed by atoms with E-state index < -0.39 is 47.0 Å². The van der Waals surface area contributed by atoms with Crippen LogP contribution in [0.25, 0.3) is 6.08 Å². The molecule has 484 valence electrons. The molecule has 0 spiro atoms. The maximum Gasteiger partial charge on any atom is 0.407 e. The van der Waals surface area contributed by atoms with Crippen LogP contribution in [0.1, 0.15) is 218 Å². The van der Waals surface area contributed by atoms with Gasteiger partial charge in [-0.15, -0.1) is 0 Å². The Morgan fingerprint density at radius 2 is 0.977 bits per heavy atom. The van der Waals surface area contributed by atoms with Gasteiger partial charge in [-0.3, -0.25) is 24.0 Å². The number of rotatable bonds is 31. The van der Waals surface area contributed by atoms with E-state index in [0.717, 1.165) is 49.7 Å². The molecule has 0 heterocycles. The summed E-state index contributed by atoms with van der Waals surface area (Å²) in [6.45, 7) is 30.5. The number of fused-ring (bicyclic) bond motifs is 1. The standard InChI is InChI=1S/C60H101N7O10.3CO2/c1-56(2,3)35-34-47(58(7,8)9)67-54(74)66-46(57(4,5)6)32-33-48(68)61-36-24-18-16-17-19-31-49(69)64-45(30-23-26-38-63-55(75)77-60(13,14)15)52(72)65-44(50(70)53(73)76-59(10,11)12)29-22-25-37-62-51(71)43-39-41-27-20-21-28-42(41)40-43;3*2-1-3/h20-21,27-28,39,44-47H,16-19,22-26,29-38,40H2,1-15H3,(H,61,68)(H,62,71)(H,63,75)(H,64,69)(H,65,72)(H2,66,67,74);;;/t44-,45-,46-,47-;;;/m0.../s1. The molecule has 0 aromatic heterocycles. The molecule has 0 saturated heterocycles. The zero-order valence-electron chi connectivity index (χ0n) is 53.9. The van der Waals surface area contributed by atoms with Gasteiger partial charge in [0.15, 0.2) is 0 Å². The lowest BCUT2D eigenvalue weighted by Gasteiger charge is -2.36. The van der Waals surface area contributed by atoms with E-state index in [1.54, 1.807) is 41.5 Å². The van der Waals surface area contributed by atoms with E-state index >= 15 is 0 Å². The van der Waals surface area contributed by atoms with Crippen LogP contribution in [0.4, 0.5) is 9.59 Å².